The minimum atomic E-state index is -0.820. The van der Waals surface area contributed by atoms with E-state index in [4.69, 9.17) is 0 Å². The summed E-state index contributed by atoms with van der Waals surface area (Å²) in [5.74, 6) is 0.140. The Bertz CT molecular complexity index is 2140. The molecule has 1 saturated heterocycles. The molecule has 3 N–H and O–H groups in total. The lowest BCUT2D eigenvalue weighted by molar-refractivity contribution is -0.120. The number of aryl methyl sites for hydroxylation is 1. The van der Waals surface area contributed by atoms with Gasteiger partial charge in [0, 0.05) is 62.4 Å². The second-order valence-corrected chi connectivity index (χ2v) is 12.3. The highest BCUT2D eigenvalue weighted by atomic mass is 16.2. The van der Waals surface area contributed by atoms with Gasteiger partial charge in [0.1, 0.15) is 12.4 Å². The van der Waals surface area contributed by atoms with Crippen LogP contribution in [0.1, 0.15) is 27.5 Å². The topological polar surface area (TPSA) is 120 Å². The number of hydrogen-bond donors (Lipinski definition) is 3. The van der Waals surface area contributed by atoms with E-state index in [2.05, 4.69) is 66.1 Å². The molecule has 0 radical (unpaired) electrons. The Morgan fingerprint density at radius 2 is 1.57 bits per heavy atom. The normalized spacial score (nSPS) is 14.9. The molecular weight excluding hydrogens is 614 g/mol. The van der Waals surface area contributed by atoms with E-state index < -0.39 is 6.04 Å². The number of nitrogens with one attached hydrogen (secondary N) is 3. The number of benzene rings is 4. The molecule has 11 nitrogen and oxygen atoms in total. The molecule has 1 unspecified atom stereocenters. The highest BCUT2D eigenvalue weighted by molar-refractivity contribution is 6.04. The Kier molecular flexibility index (Phi) is 7.94. The first kappa shape index (κ1) is 30.3. The van der Waals surface area contributed by atoms with E-state index in [1.807, 2.05) is 78.3 Å². The molecule has 0 spiro atoms. The molecule has 2 aliphatic rings. The lowest BCUT2D eigenvalue weighted by Gasteiger charge is -2.29. The van der Waals surface area contributed by atoms with Crippen molar-refractivity contribution in [2.24, 2.45) is 7.05 Å². The number of imidazole rings is 1. The van der Waals surface area contributed by atoms with E-state index in [0.29, 0.717) is 29.1 Å². The SMILES string of the molecule is Cn1cnc2c(Nc3ccc(NC(=O)C(c4ccccc4)N4Cc5cc(-c6ccc(N7CCNCC7)cc6)ccc5C4=O)cc3)ncnc21. The zero-order valence-corrected chi connectivity index (χ0v) is 27.0. The van der Waals surface area contributed by atoms with Gasteiger partial charge in [-0.3, -0.25) is 9.59 Å². The first-order chi connectivity index (χ1) is 24.0. The van der Waals surface area contributed by atoms with Gasteiger partial charge in [-0.15, -0.1) is 0 Å². The van der Waals surface area contributed by atoms with Gasteiger partial charge in [-0.1, -0.05) is 48.5 Å². The molecule has 49 heavy (non-hydrogen) atoms. The number of nitrogens with zero attached hydrogens (tertiary/aromatic N) is 6. The average molecular weight is 650 g/mol. The maximum absolute atomic E-state index is 14.0. The minimum absolute atomic E-state index is 0.162. The Morgan fingerprint density at radius 1 is 0.837 bits per heavy atom. The molecule has 0 aliphatic carbocycles. The van der Waals surface area contributed by atoms with Crippen LogP contribution in [-0.4, -0.2) is 62.4 Å². The molecule has 1 fully saturated rings. The molecule has 6 aromatic rings. The van der Waals surface area contributed by atoms with Crippen LogP contribution in [0, 0.1) is 0 Å². The van der Waals surface area contributed by atoms with Gasteiger partial charge in [0.05, 0.1) is 6.33 Å². The van der Waals surface area contributed by atoms with Crippen LogP contribution >= 0.6 is 0 Å². The summed E-state index contributed by atoms with van der Waals surface area (Å²) in [7, 11) is 1.88. The minimum Gasteiger partial charge on any atom is -0.369 e. The summed E-state index contributed by atoms with van der Waals surface area (Å²) in [6, 6.07) is 30.6. The summed E-state index contributed by atoms with van der Waals surface area (Å²) in [6.07, 6.45) is 3.19. The van der Waals surface area contributed by atoms with Crippen LogP contribution in [0.15, 0.2) is 110 Å². The number of aromatic nitrogens is 4. The second-order valence-electron chi connectivity index (χ2n) is 12.3. The summed E-state index contributed by atoms with van der Waals surface area (Å²) < 4.78 is 1.83. The first-order valence-electron chi connectivity index (χ1n) is 16.4. The highest BCUT2D eigenvalue weighted by Crippen LogP contribution is 2.35. The van der Waals surface area contributed by atoms with Crippen LogP contribution in [0.2, 0.25) is 0 Å². The third-order valence-corrected chi connectivity index (χ3v) is 9.21. The van der Waals surface area contributed by atoms with Crippen molar-refractivity contribution >= 4 is 45.9 Å². The smallest absolute Gasteiger partial charge is 0.255 e. The largest absolute Gasteiger partial charge is 0.369 e. The number of fused-ring (bicyclic) bond motifs is 2. The van der Waals surface area contributed by atoms with Crippen molar-refractivity contribution in [3.8, 4) is 11.1 Å². The van der Waals surface area contributed by atoms with Gasteiger partial charge in [0.15, 0.2) is 17.0 Å². The van der Waals surface area contributed by atoms with Gasteiger partial charge in [-0.25, -0.2) is 15.0 Å². The van der Waals surface area contributed by atoms with Gasteiger partial charge in [-0.05, 0) is 70.8 Å². The Morgan fingerprint density at radius 3 is 2.35 bits per heavy atom. The number of rotatable bonds is 8. The number of carbonyl (C=O) groups excluding carboxylic acids is 2. The van der Waals surface area contributed by atoms with Crippen molar-refractivity contribution in [1.82, 2.24) is 29.7 Å². The molecule has 2 aromatic heterocycles. The van der Waals surface area contributed by atoms with Crippen LogP contribution < -0.4 is 20.9 Å². The lowest BCUT2D eigenvalue weighted by Crippen LogP contribution is -2.43. The standard InChI is InChI=1S/C38H35N9O2/c1-45-24-42-33-35(40-23-41-36(33)45)43-29-10-12-30(13-11-29)44-37(48)34(26-5-3-2-4-6-26)47-22-28-21-27(9-16-32(28)38(47)49)25-7-14-31(15-8-25)46-19-17-39-18-20-46/h2-16,21,23-24,34,39H,17-20,22H2,1H3,(H,44,48)(H,40,41,43). The molecule has 1 atom stereocenters. The fourth-order valence-corrected chi connectivity index (χ4v) is 6.65. The number of hydrogen-bond acceptors (Lipinski definition) is 8. The van der Waals surface area contributed by atoms with E-state index >= 15 is 0 Å². The molecule has 0 saturated carbocycles. The van der Waals surface area contributed by atoms with E-state index in [1.54, 1.807) is 11.2 Å². The van der Waals surface area contributed by atoms with Crippen LogP contribution in [0.25, 0.3) is 22.3 Å². The molecule has 0 bridgehead atoms. The highest BCUT2D eigenvalue weighted by Gasteiger charge is 2.37. The number of anilines is 4. The van der Waals surface area contributed by atoms with Crippen molar-refractivity contribution < 1.29 is 9.59 Å². The second kappa shape index (κ2) is 12.9. The third-order valence-electron chi connectivity index (χ3n) is 9.21. The van der Waals surface area contributed by atoms with Crippen LogP contribution in [-0.2, 0) is 18.4 Å². The van der Waals surface area contributed by atoms with Crippen LogP contribution in [0.4, 0.5) is 22.9 Å². The average Bonchev–Trinajstić information content (AvgIpc) is 3.69. The monoisotopic (exact) mass is 649 g/mol. The maximum Gasteiger partial charge on any atom is 0.255 e. The van der Waals surface area contributed by atoms with E-state index in [9.17, 15) is 9.59 Å². The molecule has 8 rings (SSSR count). The van der Waals surface area contributed by atoms with Gasteiger partial charge < -0.3 is 30.3 Å². The summed E-state index contributed by atoms with van der Waals surface area (Å²) in [5, 5.41) is 9.73. The van der Waals surface area contributed by atoms with Gasteiger partial charge >= 0.3 is 0 Å². The van der Waals surface area contributed by atoms with Crippen molar-refractivity contribution in [1.29, 1.82) is 0 Å². The van der Waals surface area contributed by atoms with E-state index in [-0.39, 0.29) is 11.8 Å². The molecule has 4 heterocycles. The van der Waals surface area contributed by atoms with Gasteiger partial charge in [0.2, 0.25) is 0 Å². The van der Waals surface area contributed by atoms with Gasteiger partial charge in [-0.2, -0.15) is 0 Å². The third kappa shape index (κ3) is 5.96. The van der Waals surface area contributed by atoms with Gasteiger partial charge in [0.25, 0.3) is 11.8 Å². The summed E-state index contributed by atoms with van der Waals surface area (Å²) >= 11 is 0. The lowest BCUT2D eigenvalue weighted by atomic mass is 10.00. The summed E-state index contributed by atoms with van der Waals surface area (Å²) in [6.45, 7) is 4.30. The predicted molar refractivity (Wildman–Crippen MR) is 191 cm³/mol. The Hall–Kier alpha value is -6.07. The maximum atomic E-state index is 14.0. The van der Waals surface area contributed by atoms with Crippen LogP contribution in [0.3, 0.4) is 0 Å². The molecule has 11 heteroatoms. The zero-order valence-electron chi connectivity index (χ0n) is 27.0. The first-order valence-corrected chi connectivity index (χ1v) is 16.4. The van der Waals surface area contributed by atoms with Crippen molar-refractivity contribution in [3.05, 3.63) is 126 Å². The summed E-state index contributed by atoms with van der Waals surface area (Å²) in [5.41, 5.74) is 8.40. The molecular formula is C38H35N9O2. The number of piperazine rings is 1. The zero-order chi connectivity index (χ0) is 33.3. The van der Waals surface area contributed by atoms with E-state index in [1.165, 1.54) is 12.0 Å². The molecule has 2 amide bonds. The quantitative estimate of drug-likeness (QED) is 0.197. The number of amides is 2. The van der Waals surface area contributed by atoms with E-state index in [0.717, 1.165) is 59.8 Å². The molecule has 2 aliphatic heterocycles. The van der Waals surface area contributed by atoms with Crippen molar-refractivity contribution in [2.45, 2.75) is 12.6 Å². The number of carbonyl (C=O) groups is 2. The van der Waals surface area contributed by atoms with Crippen LogP contribution in [0.5, 0.6) is 0 Å². The Balaban J connectivity index is 1.00. The molecule has 4 aromatic carbocycles. The van der Waals surface area contributed by atoms with Crippen molar-refractivity contribution in [3.63, 3.8) is 0 Å². The predicted octanol–water partition coefficient (Wildman–Crippen LogP) is 5.52. The summed E-state index contributed by atoms with van der Waals surface area (Å²) in [4.78, 5) is 45.0. The fourth-order valence-electron chi connectivity index (χ4n) is 6.65. The van der Waals surface area contributed by atoms with Crippen molar-refractivity contribution in [2.75, 3.05) is 41.7 Å². The molecule has 244 valence electrons. The fraction of sp³-hybridized carbons (Fsp3) is 0.184. The Labute approximate surface area is 283 Å².